The number of nitrogens with zero attached hydrogens (tertiary/aromatic N) is 1. The summed E-state index contributed by atoms with van der Waals surface area (Å²) in [6.45, 7) is 6.31. The van der Waals surface area contributed by atoms with E-state index in [1.54, 1.807) is 32.4 Å². The number of aromatic nitrogens is 1. The zero-order valence-electron chi connectivity index (χ0n) is 17.5. The molecule has 1 N–H and O–H groups in total. The molecule has 1 aromatic heterocycles. The Labute approximate surface area is 175 Å². The van der Waals surface area contributed by atoms with Crippen LogP contribution in [0.3, 0.4) is 0 Å². The summed E-state index contributed by atoms with van der Waals surface area (Å²) in [5, 5.41) is 4.95. The molecule has 0 aliphatic rings. The molecule has 0 bridgehead atoms. The molecule has 6 heteroatoms. The number of ether oxygens (including phenoxy) is 2. The smallest absolute Gasteiger partial charge is 0.234 e. The highest BCUT2D eigenvalue weighted by molar-refractivity contribution is 8.00. The van der Waals surface area contributed by atoms with E-state index in [0.29, 0.717) is 17.2 Å². The van der Waals surface area contributed by atoms with Gasteiger partial charge in [-0.05, 0) is 67.3 Å². The normalized spacial score (nSPS) is 10.8. The first-order valence-electron chi connectivity index (χ1n) is 9.50. The van der Waals surface area contributed by atoms with Crippen LogP contribution in [-0.4, -0.2) is 30.9 Å². The largest absolute Gasteiger partial charge is 0.497 e. The number of anilines is 1. The fraction of sp³-hybridized carbons (Fsp3) is 0.304. The zero-order chi connectivity index (χ0) is 21.0. The van der Waals surface area contributed by atoms with Crippen molar-refractivity contribution >= 4 is 34.3 Å². The van der Waals surface area contributed by atoms with Crippen LogP contribution in [0.25, 0.3) is 10.9 Å². The summed E-state index contributed by atoms with van der Waals surface area (Å²) in [6, 6.07) is 11.8. The van der Waals surface area contributed by atoms with Gasteiger partial charge in [0.25, 0.3) is 0 Å². The van der Waals surface area contributed by atoms with Crippen molar-refractivity contribution in [2.75, 3.05) is 25.3 Å². The molecule has 2 aromatic carbocycles. The van der Waals surface area contributed by atoms with Gasteiger partial charge in [-0.1, -0.05) is 18.7 Å². The molecule has 0 aliphatic heterocycles. The van der Waals surface area contributed by atoms with Gasteiger partial charge in [0.1, 0.15) is 16.5 Å². The Kier molecular flexibility index (Phi) is 6.64. The number of methoxy groups -OCH3 is 2. The molecule has 0 spiro atoms. The van der Waals surface area contributed by atoms with Crippen molar-refractivity contribution in [1.29, 1.82) is 0 Å². The quantitative estimate of drug-likeness (QED) is 0.545. The predicted octanol–water partition coefficient (Wildman–Crippen LogP) is 5.16. The van der Waals surface area contributed by atoms with Crippen molar-refractivity contribution in [3.63, 3.8) is 0 Å². The second-order valence-corrected chi connectivity index (χ2v) is 7.80. The molecule has 29 heavy (non-hydrogen) atoms. The van der Waals surface area contributed by atoms with E-state index in [2.05, 4.69) is 44.3 Å². The minimum Gasteiger partial charge on any atom is -0.497 e. The van der Waals surface area contributed by atoms with Gasteiger partial charge >= 0.3 is 0 Å². The molecule has 0 unspecified atom stereocenters. The van der Waals surface area contributed by atoms with E-state index in [1.165, 1.54) is 22.9 Å². The minimum absolute atomic E-state index is 0.109. The van der Waals surface area contributed by atoms with Gasteiger partial charge in [0.15, 0.2) is 0 Å². The second kappa shape index (κ2) is 9.18. The maximum atomic E-state index is 12.5. The fourth-order valence-electron chi connectivity index (χ4n) is 3.07. The topological polar surface area (TPSA) is 60.5 Å². The van der Waals surface area contributed by atoms with E-state index >= 15 is 0 Å². The Bertz CT molecular complexity index is 1050. The van der Waals surface area contributed by atoms with Gasteiger partial charge in [0, 0.05) is 11.5 Å². The van der Waals surface area contributed by atoms with Gasteiger partial charge in [-0.15, -0.1) is 0 Å². The molecule has 0 saturated carbocycles. The third-order valence-corrected chi connectivity index (χ3v) is 5.91. The van der Waals surface area contributed by atoms with Crippen molar-refractivity contribution in [3.05, 3.63) is 53.1 Å². The molecule has 0 radical (unpaired) electrons. The first-order valence-corrected chi connectivity index (χ1v) is 10.5. The van der Waals surface area contributed by atoms with Crippen LogP contribution >= 0.6 is 11.8 Å². The number of hydrogen-bond acceptors (Lipinski definition) is 5. The maximum Gasteiger partial charge on any atom is 0.234 e. The van der Waals surface area contributed by atoms with Gasteiger partial charge in [-0.3, -0.25) is 4.79 Å². The SMILES string of the molecule is CCc1cc2cc(C)c(C)cc2nc1SCC(=O)Nc1ccc(OC)cc1OC. The van der Waals surface area contributed by atoms with Crippen LogP contribution in [0.1, 0.15) is 23.6 Å². The van der Waals surface area contributed by atoms with Gasteiger partial charge in [-0.25, -0.2) is 4.98 Å². The van der Waals surface area contributed by atoms with Crippen LogP contribution in [0.2, 0.25) is 0 Å². The molecule has 0 aliphatic carbocycles. The highest BCUT2D eigenvalue weighted by atomic mass is 32.2. The average molecular weight is 411 g/mol. The van der Waals surface area contributed by atoms with Crippen LogP contribution in [0.5, 0.6) is 11.5 Å². The Morgan fingerprint density at radius 2 is 1.83 bits per heavy atom. The standard InChI is InChI=1S/C23H26N2O3S/c1-6-16-11-17-9-14(2)15(3)10-20(17)25-23(16)29-13-22(26)24-19-8-7-18(27-4)12-21(19)28-5/h7-12H,6,13H2,1-5H3,(H,24,26). The Morgan fingerprint density at radius 3 is 2.52 bits per heavy atom. The monoisotopic (exact) mass is 410 g/mol. The number of benzene rings is 2. The summed E-state index contributed by atoms with van der Waals surface area (Å²) in [7, 11) is 3.16. The molecule has 3 aromatic rings. The summed E-state index contributed by atoms with van der Waals surface area (Å²) in [5.41, 5.74) is 5.21. The second-order valence-electron chi connectivity index (χ2n) is 6.84. The molecule has 0 saturated heterocycles. The molecular weight excluding hydrogens is 384 g/mol. The lowest BCUT2D eigenvalue weighted by Gasteiger charge is -2.13. The lowest BCUT2D eigenvalue weighted by Crippen LogP contribution is -2.15. The number of hydrogen-bond donors (Lipinski definition) is 1. The first-order chi connectivity index (χ1) is 13.9. The molecule has 0 atom stereocenters. The highest BCUT2D eigenvalue weighted by Gasteiger charge is 2.13. The van der Waals surface area contributed by atoms with Crippen molar-refractivity contribution in [3.8, 4) is 11.5 Å². The van der Waals surface area contributed by atoms with E-state index in [-0.39, 0.29) is 11.7 Å². The van der Waals surface area contributed by atoms with E-state index in [0.717, 1.165) is 27.9 Å². The number of fused-ring (bicyclic) bond motifs is 1. The van der Waals surface area contributed by atoms with E-state index in [4.69, 9.17) is 14.5 Å². The molecule has 1 amide bonds. The lowest BCUT2D eigenvalue weighted by molar-refractivity contribution is -0.113. The molecule has 152 valence electrons. The number of amides is 1. The Hall–Kier alpha value is -2.73. The Morgan fingerprint density at radius 1 is 1.07 bits per heavy atom. The van der Waals surface area contributed by atoms with E-state index in [1.807, 2.05) is 0 Å². The number of rotatable bonds is 7. The van der Waals surface area contributed by atoms with Gasteiger partial charge in [-0.2, -0.15) is 0 Å². The number of carbonyl (C=O) groups excluding carboxylic acids is 1. The molecule has 5 nitrogen and oxygen atoms in total. The van der Waals surface area contributed by atoms with Crippen molar-refractivity contribution in [2.24, 2.45) is 0 Å². The van der Waals surface area contributed by atoms with E-state index in [9.17, 15) is 4.79 Å². The highest BCUT2D eigenvalue weighted by Crippen LogP contribution is 2.30. The third kappa shape index (κ3) is 4.82. The van der Waals surface area contributed by atoms with Crippen LogP contribution < -0.4 is 14.8 Å². The third-order valence-electron chi connectivity index (χ3n) is 4.87. The number of pyridine rings is 1. The fourth-order valence-corrected chi connectivity index (χ4v) is 3.96. The van der Waals surface area contributed by atoms with Crippen molar-refractivity contribution in [2.45, 2.75) is 32.2 Å². The molecule has 3 rings (SSSR count). The summed E-state index contributed by atoms with van der Waals surface area (Å²) in [4.78, 5) is 17.3. The summed E-state index contributed by atoms with van der Waals surface area (Å²) in [6.07, 6.45) is 0.867. The minimum atomic E-state index is -0.109. The number of aryl methyl sites for hydroxylation is 3. The summed E-state index contributed by atoms with van der Waals surface area (Å²) in [5.74, 6) is 1.40. The first kappa shape index (κ1) is 21.0. The summed E-state index contributed by atoms with van der Waals surface area (Å²) < 4.78 is 10.5. The van der Waals surface area contributed by atoms with Crippen LogP contribution in [-0.2, 0) is 11.2 Å². The Balaban J connectivity index is 1.76. The van der Waals surface area contributed by atoms with Gasteiger partial charge < -0.3 is 14.8 Å². The molecule has 0 fully saturated rings. The summed E-state index contributed by atoms with van der Waals surface area (Å²) >= 11 is 1.46. The van der Waals surface area contributed by atoms with Crippen molar-refractivity contribution in [1.82, 2.24) is 4.98 Å². The number of thioether (sulfide) groups is 1. The van der Waals surface area contributed by atoms with E-state index < -0.39 is 0 Å². The van der Waals surface area contributed by atoms with Gasteiger partial charge in [0.05, 0.1) is 31.2 Å². The molecule has 1 heterocycles. The lowest BCUT2D eigenvalue weighted by atomic mass is 10.0. The number of nitrogens with one attached hydrogen (secondary N) is 1. The predicted molar refractivity (Wildman–Crippen MR) is 119 cm³/mol. The maximum absolute atomic E-state index is 12.5. The number of carbonyl (C=O) groups is 1. The van der Waals surface area contributed by atoms with Crippen LogP contribution in [0.4, 0.5) is 5.69 Å². The molecular formula is C23H26N2O3S. The van der Waals surface area contributed by atoms with Crippen LogP contribution in [0, 0.1) is 13.8 Å². The van der Waals surface area contributed by atoms with Crippen molar-refractivity contribution < 1.29 is 14.3 Å². The average Bonchev–Trinajstić information content (AvgIpc) is 2.72. The van der Waals surface area contributed by atoms with Crippen LogP contribution in [0.15, 0.2) is 41.4 Å². The van der Waals surface area contributed by atoms with Gasteiger partial charge in [0.2, 0.25) is 5.91 Å². The zero-order valence-corrected chi connectivity index (χ0v) is 18.3.